The summed E-state index contributed by atoms with van der Waals surface area (Å²) in [4.78, 5) is 23.5. The highest BCUT2D eigenvalue weighted by Crippen LogP contribution is 2.30. The molecule has 0 saturated heterocycles. The van der Waals surface area contributed by atoms with Gasteiger partial charge in [0.15, 0.2) is 0 Å². The normalized spacial score (nSPS) is 14.1. The van der Waals surface area contributed by atoms with Crippen molar-refractivity contribution in [2.75, 3.05) is 12.0 Å². The third-order valence-electron chi connectivity index (χ3n) is 4.50. The molecule has 7 heteroatoms. The number of hydrogen-bond donors (Lipinski definition) is 0. The number of carbonyl (C=O) groups excluding carboxylic acids is 1. The lowest BCUT2D eigenvalue weighted by molar-refractivity contribution is 0.0996. The van der Waals surface area contributed by atoms with Gasteiger partial charge >= 0.3 is 0 Å². The minimum absolute atomic E-state index is 0.0411. The number of nitrogens with zero attached hydrogens (tertiary/aromatic N) is 5. The number of aryl methyl sites for hydroxylation is 2. The minimum atomic E-state index is -0.0411. The minimum Gasteiger partial charge on any atom is -0.481 e. The van der Waals surface area contributed by atoms with E-state index in [1.54, 1.807) is 22.0 Å². The van der Waals surface area contributed by atoms with Crippen molar-refractivity contribution in [3.05, 3.63) is 59.5 Å². The third-order valence-corrected chi connectivity index (χ3v) is 4.50. The van der Waals surface area contributed by atoms with Gasteiger partial charge in [-0.25, -0.2) is 4.99 Å². The number of anilines is 1. The molecule has 0 atom stereocenters. The smallest absolute Gasteiger partial charge is 0.260 e. The SMILES string of the molecule is C=C(/N=C\C(=C/C)c1cc(C)c2c(n1)CN(c1cnn(CC)c1)C2=O)OC. The molecule has 0 bridgehead atoms. The van der Waals surface area contributed by atoms with Gasteiger partial charge in [-0.15, -0.1) is 0 Å². The molecule has 1 aliphatic rings. The molecule has 27 heavy (non-hydrogen) atoms. The summed E-state index contributed by atoms with van der Waals surface area (Å²) in [6, 6.07) is 1.91. The maximum Gasteiger partial charge on any atom is 0.260 e. The first-order valence-electron chi connectivity index (χ1n) is 8.77. The van der Waals surface area contributed by atoms with Crippen molar-refractivity contribution in [1.82, 2.24) is 14.8 Å². The van der Waals surface area contributed by atoms with Gasteiger partial charge in [0, 0.05) is 24.5 Å². The fraction of sp³-hybridized carbons (Fsp3) is 0.300. The average Bonchev–Trinajstić information content (AvgIpc) is 3.26. The van der Waals surface area contributed by atoms with Crippen LogP contribution in [0.3, 0.4) is 0 Å². The summed E-state index contributed by atoms with van der Waals surface area (Å²) in [6.45, 7) is 10.7. The summed E-state index contributed by atoms with van der Waals surface area (Å²) in [5.74, 6) is 0.280. The standard InChI is InChI=1S/C20H23N5O2/c1-6-15(9-21-14(4)27-5)17-8-13(3)19-18(23-17)12-25(20(19)26)16-10-22-24(7-2)11-16/h6,8-11H,4,7,12H2,1-3,5H3/b15-6+,21-9-. The molecule has 0 radical (unpaired) electrons. The third kappa shape index (κ3) is 3.53. The summed E-state index contributed by atoms with van der Waals surface area (Å²) >= 11 is 0. The van der Waals surface area contributed by atoms with Crippen molar-refractivity contribution >= 4 is 23.4 Å². The van der Waals surface area contributed by atoms with Crippen LogP contribution in [0.15, 0.2) is 42.0 Å². The fourth-order valence-electron chi connectivity index (χ4n) is 3.01. The molecule has 140 valence electrons. The van der Waals surface area contributed by atoms with Crippen LogP contribution in [0.1, 0.15) is 41.2 Å². The second kappa shape index (κ2) is 7.57. The van der Waals surface area contributed by atoms with Crippen LogP contribution in [0.4, 0.5) is 5.69 Å². The Labute approximate surface area is 158 Å². The molecule has 7 nitrogen and oxygen atoms in total. The Kier molecular flexibility index (Phi) is 5.21. The fourth-order valence-corrected chi connectivity index (χ4v) is 3.01. The Hall–Kier alpha value is -3.22. The van der Waals surface area contributed by atoms with E-state index in [-0.39, 0.29) is 5.91 Å². The van der Waals surface area contributed by atoms with E-state index in [0.717, 1.165) is 34.8 Å². The van der Waals surface area contributed by atoms with Gasteiger partial charge in [-0.1, -0.05) is 6.08 Å². The molecule has 2 aromatic rings. The molecule has 3 heterocycles. The van der Waals surface area contributed by atoms with E-state index in [9.17, 15) is 4.79 Å². The zero-order chi connectivity index (χ0) is 19.6. The number of allylic oxidation sites excluding steroid dienone is 2. The quantitative estimate of drug-likeness (QED) is 0.581. The number of pyridine rings is 1. The van der Waals surface area contributed by atoms with Gasteiger partial charge in [0.25, 0.3) is 5.91 Å². The number of fused-ring (bicyclic) bond motifs is 1. The highest BCUT2D eigenvalue weighted by atomic mass is 16.5. The number of aliphatic imine (C=N–C) groups is 1. The van der Waals surface area contributed by atoms with E-state index in [1.807, 2.05) is 39.1 Å². The largest absolute Gasteiger partial charge is 0.481 e. The van der Waals surface area contributed by atoms with Crippen LogP contribution in [-0.4, -0.2) is 34.0 Å². The lowest BCUT2D eigenvalue weighted by Crippen LogP contribution is -2.22. The molecule has 0 saturated carbocycles. The maximum atomic E-state index is 12.9. The van der Waals surface area contributed by atoms with Crippen LogP contribution in [0, 0.1) is 6.92 Å². The summed E-state index contributed by atoms with van der Waals surface area (Å²) < 4.78 is 6.77. The van der Waals surface area contributed by atoms with E-state index in [2.05, 4.69) is 16.7 Å². The second-order valence-electron chi connectivity index (χ2n) is 6.19. The topological polar surface area (TPSA) is 72.6 Å². The summed E-state index contributed by atoms with van der Waals surface area (Å²) in [6.07, 6.45) is 7.17. The Balaban J connectivity index is 1.94. The number of carbonyl (C=O) groups is 1. The van der Waals surface area contributed by atoms with Gasteiger partial charge in [0.05, 0.1) is 42.5 Å². The molecular formula is C20H23N5O2. The Bertz CT molecular complexity index is 955. The zero-order valence-electron chi connectivity index (χ0n) is 16.1. The Morgan fingerprint density at radius 3 is 2.89 bits per heavy atom. The van der Waals surface area contributed by atoms with E-state index >= 15 is 0 Å². The molecule has 0 unspecified atom stereocenters. The maximum absolute atomic E-state index is 12.9. The van der Waals surface area contributed by atoms with Gasteiger partial charge in [0.1, 0.15) is 0 Å². The molecule has 2 aromatic heterocycles. The Morgan fingerprint density at radius 2 is 2.26 bits per heavy atom. The highest BCUT2D eigenvalue weighted by molar-refractivity contribution is 6.12. The second-order valence-corrected chi connectivity index (χ2v) is 6.19. The summed E-state index contributed by atoms with van der Waals surface area (Å²) in [5, 5.41) is 4.26. The van der Waals surface area contributed by atoms with Gasteiger partial charge < -0.3 is 4.74 Å². The number of ether oxygens (including phenoxy) is 1. The molecule has 0 aliphatic carbocycles. The lowest BCUT2D eigenvalue weighted by Gasteiger charge is -2.12. The van der Waals surface area contributed by atoms with Crippen LogP contribution in [-0.2, 0) is 17.8 Å². The van der Waals surface area contributed by atoms with E-state index in [4.69, 9.17) is 9.72 Å². The van der Waals surface area contributed by atoms with Crippen molar-refractivity contribution in [2.24, 2.45) is 4.99 Å². The number of rotatable bonds is 6. The molecule has 3 rings (SSSR count). The monoisotopic (exact) mass is 365 g/mol. The van der Waals surface area contributed by atoms with Gasteiger partial charge in [0.2, 0.25) is 5.88 Å². The van der Waals surface area contributed by atoms with Crippen LogP contribution in [0.2, 0.25) is 0 Å². The van der Waals surface area contributed by atoms with Crippen molar-refractivity contribution in [1.29, 1.82) is 0 Å². The van der Waals surface area contributed by atoms with E-state index in [1.165, 1.54) is 7.11 Å². The first-order chi connectivity index (χ1) is 13.0. The van der Waals surface area contributed by atoms with E-state index in [0.29, 0.717) is 18.0 Å². The van der Waals surface area contributed by atoms with Crippen LogP contribution in [0.5, 0.6) is 0 Å². The van der Waals surface area contributed by atoms with Gasteiger partial charge in [-0.05, 0) is 39.0 Å². The Morgan fingerprint density at radius 1 is 1.48 bits per heavy atom. The molecule has 1 aliphatic heterocycles. The van der Waals surface area contributed by atoms with Crippen molar-refractivity contribution in [2.45, 2.75) is 33.9 Å². The lowest BCUT2D eigenvalue weighted by atomic mass is 10.0. The first-order valence-corrected chi connectivity index (χ1v) is 8.77. The molecule has 0 aromatic carbocycles. The number of hydrogen-bond acceptors (Lipinski definition) is 5. The molecule has 0 spiro atoms. The average molecular weight is 365 g/mol. The van der Waals surface area contributed by atoms with Crippen molar-refractivity contribution in [3.63, 3.8) is 0 Å². The van der Waals surface area contributed by atoms with Gasteiger partial charge in [-0.3, -0.25) is 19.4 Å². The summed E-state index contributed by atoms with van der Waals surface area (Å²) in [7, 11) is 1.52. The number of methoxy groups -OCH3 is 1. The molecular weight excluding hydrogens is 342 g/mol. The predicted octanol–water partition coefficient (Wildman–Crippen LogP) is 3.36. The van der Waals surface area contributed by atoms with Crippen molar-refractivity contribution in [3.8, 4) is 0 Å². The number of amides is 1. The van der Waals surface area contributed by atoms with Gasteiger partial charge in [-0.2, -0.15) is 5.10 Å². The molecule has 0 fully saturated rings. The molecule has 1 amide bonds. The van der Waals surface area contributed by atoms with Crippen LogP contribution in [0.25, 0.3) is 5.57 Å². The van der Waals surface area contributed by atoms with E-state index < -0.39 is 0 Å². The predicted molar refractivity (Wildman–Crippen MR) is 106 cm³/mol. The first kappa shape index (κ1) is 18.6. The number of aromatic nitrogens is 3. The van der Waals surface area contributed by atoms with Crippen LogP contribution >= 0.6 is 0 Å². The highest BCUT2D eigenvalue weighted by Gasteiger charge is 2.32. The zero-order valence-corrected chi connectivity index (χ0v) is 16.1. The van der Waals surface area contributed by atoms with Crippen molar-refractivity contribution < 1.29 is 9.53 Å². The van der Waals surface area contributed by atoms with Crippen LogP contribution < -0.4 is 4.90 Å². The molecule has 0 N–H and O–H groups in total. The summed E-state index contributed by atoms with van der Waals surface area (Å²) in [5.41, 5.74) is 4.70.